The molecule has 0 aliphatic heterocycles. The number of rotatable bonds is 7. The van der Waals surface area contributed by atoms with E-state index in [0.717, 1.165) is 25.4 Å². The van der Waals surface area contributed by atoms with Crippen molar-refractivity contribution in [3.63, 3.8) is 0 Å². The van der Waals surface area contributed by atoms with Crippen LogP contribution in [0.4, 0.5) is 0 Å². The molecule has 0 radical (unpaired) electrons. The number of nitrogens with zero attached hydrogens (tertiary/aromatic N) is 1. The normalized spacial score (nSPS) is 16.5. The molecular weight excluding hydrogens is 166 g/mol. The average Bonchev–Trinajstić information content (AvgIpc) is 2.82. The van der Waals surface area contributed by atoms with E-state index in [1.54, 1.807) is 0 Å². The molecule has 13 heavy (non-hydrogen) atoms. The molecule has 3 heteroatoms. The minimum atomic E-state index is -0.704. The smallest absolute Gasteiger partial charge is 0.317 e. The number of hydrogen-bond acceptors (Lipinski definition) is 2. The Balaban J connectivity index is 2.14. The third-order valence-electron chi connectivity index (χ3n) is 2.45. The number of hydrogen-bond donors (Lipinski definition) is 1. The van der Waals surface area contributed by atoms with Gasteiger partial charge in [-0.3, -0.25) is 9.69 Å². The number of carboxylic acids is 1. The minimum absolute atomic E-state index is 0.209. The Labute approximate surface area is 79.7 Å². The first-order valence-electron chi connectivity index (χ1n) is 5.16. The van der Waals surface area contributed by atoms with Crippen molar-refractivity contribution in [3.05, 3.63) is 0 Å². The van der Waals surface area contributed by atoms with Crippen LogP contribution in [0.25, 0.3) is 0 Å². The summed E-state index contributed by atoms with van der Waals surface area (Å²) in [5.74, 6) is 0.192. The lowest BCUT2D eigenvalue weighted by molar-refractivity contribution is -0.138. The summed E-state index contributed by atoms with van der Waals surface area (Å²) in [6, 6.07) is 0. The highest BCUT2D eigenvalue weighted by Crippen LogP contribution is 2.32. The molecule has 0 atom stereocenters. The van der Waals surface area contributed by atoms with Crippen LogP contribution in [-0.4, -0.2) is 35.6 Å². The van der Waals surface area contributed by atoms with Crippen LogP contribution in [0.2, 0.25) is 0 Å². The van der Waals surface area contributed by atoms with Crippen molar-refractivity contribution in [2.45, 2.75) is 32.6 Å². The number of carbonyl (C=O) groups is 1. The zero-order valence-corrected chi connectivity index (χ0v) is 8.33. The van der Waals surface area contributed by atoms with Crippen LogP contribution >= 0.6 is 0 Å². The second-order valence-electron chi connectivity index (χ2n) is 3.90. The molecule has 0 aromatic carbocycles. The average molecular weight is 185 g/mol. The van der Waals surface area contributed by atoms with E-state index in [1.807, 2.05) is 4.90 Å². The zero-order valence-electron chi connectivity index (χ0n) is 8.33. The molecule has 0 saturated heterocycles. The van der Waals surface area contributed by atoms with Crippen LogP contribution in [0.5, 0.6) is 0 Å². The Morgan fingerprint density at radius 3 is 2.62 bits per heavy atom. The second-order valence-corrected chi connectivity index (χ2v) is 3.90. The van der Waals surface area contributed by atoms with Crippen molar-refractivity contribution < 1.29 is 9.90 Å². The van der Waals surface area contributed by atoms with Gasteiger partial charge < -0.3 is 5.11 Å². The van der Waals surface area contributed by atoms with Crippen molar-refractivity contribution in [1.82, 2.24) is 4.90 Å². The molecule has 1 rings (SSSR count). The second kappa shape index (κ2) is 5.22. The highest BCUT2D eigenvalue weighted by Gasteiger charge is 2.22. The van der Waals surface area contributed by atoms with Gasteiger partial charge in [0.2, 0.25) is 0 Å². The van der Waals surface area contributed by atoms with E-state index in [0.29, 0.717) is 0 Å². The third-order valence-corrected chi connectivity index (χ3v) is 2.45. The monoisotopic (exact) mass is 185 g/mol. The molecule has 0 bridgehead atoms. The van der Waals surface area contributed by atoms with Crippen molar-refractivity contribution in [1.29, 1.82) is 0 Å². The molecule has 1 aliphatic carbocycles. The Hall–Kier alpha value is -0.570. The first kappa shape index (κ1) is 10.5. The number of carboxylic acid groups (broad SMARTS) is 1. The van der Waals surface area contributed by atoms with E-state index < -0.39 is 5.97 Å². The summed E-state index contributed by atoms with van der Waals surface area (Å²) >= 11 is 0. The van der Waals surface area contributed by atoms with Gasteiger partial charge in [-0.25, -0.2) is 0 Å². The molecular formula is C10H19NO2. The number of aliphatic carboxylic acids is 1. The molecule has 1 N–H and O–H groups in total. The van der Waals surface area contributed by atoms with Gasteiger partial charge in [-0.05, 0) is 31.8 Å². The molecule has 1 saturated carbocycles. The molecule has 1 fully saturated rings. The van der Waals surface area contributed by atoms with Gasteiger partial charge in [0.05, 0.1) is 6.54 Å². The molecule has 0 amide bonds. The third kappa shape index (κ3) is 4.88. The Bertz CT molecular complexity index is 166. The topological polar surface area (TPSA) is 40.5 Å². The maximum absolute atomic E-state index is 10.5. The quantitative estimate of drug-likeness (QED) is 0.654. The first-order valence-corrected chi connectivity index (χ1v) is 5.16. The minimum Gasteiger partial charge on any atom is -0.480 e. The fourth-order valence-corrected chi connectivity index (χ4v) is 1.55. The molecule has 0 aromatic rings. The highest BCUT2D eigenvalue weighted by molar-refractivity contribution is 5.69. The largest absolute Gasteiger partial charge is 0.480 e. The van der Waals surface area contributed by atoms with Gasteiger partial charge in [-0.1, -0.05) is 19.8 Å². The fraction of sp³-hybridized carbons (Fsp3) is 0.900. The fourth-order valence-electron chi connectivity index (χ4n) is 1.55. The highest BCUT2D eigenvalue weighted by atomic mass is 16.4. The zero-order chi connectivity index (χ0) is 9.68. The summed E-state index contributed by atoms with van der Waals surface area (Å²) in [6.45, 7) is 4.18. The summed E-state index contributed by atoms with van der Waals surface area (Å²) in [6.07, 6.45) is 4.94. The van der Waals surface area contributed by atoms with E-state index >= 15 is 0 Å². The first-order chi connectivity index (χ1) is 6.22. The molecule has 0 unspecified atom stereocenters. The van der Waals surface area contributed by atoms with E-state index in [2.05, 4.69) is 6.92 Å². The standard InChI is InChI=1S/C10H19NO2/c1-2-6-11(8-10(12)13)7-5-9-3-4-9/h9H,2-8H2,1H3,(H,12,13). The lowest BCUT2D eigenvalue weighted by atomic mass is 10.2. The molecule has 76 valence electrons. The Kier molecular flexibility index (Phi) is 4.22. The lowest BCUT2D eigenvalue weighted by Gasteiger charge is -2.18. The summed E-state index contributed by atoms with van der Waals surface area (Å²) in [5.41, 5.74) is 0. The lowest BCUT2D eigenvalue weighted by Crippen LogP contribution is -2.31. The van der Waals surface area contributed by atoms with Crippen LogP contribution in [0.3, 0.4) is 0 Å². The summed E-state index contributed by atoms with van der Waals surface area (Å²) < 4.78 is 0. The Morgan fingerprint density at radius 2 is 2.15 bits per heavy atom. The van der Waals surface area contributed by atoms with E-state index in [1.165, 1.54) is 19.3 Å². The summed E-state index contributed by atoms with van der Waals surface area (Å²) in [4.78, 5) is 12.5. The van der Waals surface area contributed by atoms with Crippen molar-refractivity contribution >= 4 is 5.97 Å². The van der Waals surface area contributed by atoms with Gasteiger partial charge in [0.1, 0.15) is 0 Å². The summed E-state index contributed by atoms with van der Waals surface area (Å²) in [7, 11) is 0. The molecule has 0 spiro atoms. The van der Waals surface area contributed by atoms with Crippen molar-refractivity contribution in [2.24, 2.45) is 5.92 Å². The van der Waals surface area contributed by atoms with E-state index in [9.17, 15) is 4.79 Å². The predicted octanol–water partition coefficient (Wildman–Crippen LogP) is 1.58. The van der Waals surface area contributed by atoms with Gasteiger partial charge in [-0.2, -0.15) is 0 Å². The van der Waals surface area contributed by atoms with E-state index in [-0.39, 0.29) is 6.54 Å². The maximum Gasteiger partial charge on any atom is 0.317 e. The molecule has 3 nitrogen and oxygen atoms in total. The van der Waals surface area contributed by atoms with Crippen LogP contribution in [0.15, 0.2) is 0 Å². The van der Waals surface area contributed by atoms with Gasteiger partial charge in [0.15, 0.2) is 0 Å². The molecule has 1 aliphatic rings. The summed E-state index contributed by atoms with van der Waals surface area (Å²) in [5, 5.41) is 8.65. The van der Waals surface area contributed by atoms with E-state index in [4.69, 9.17) is 5.11 Å². The van der Waals surface area contributed by atoms with Gasteiger partial charge >= 0.3 is 5.97 Å². The SMILES string of the molecule is CCCN(CCC1CC1)CC(=O)O. The molecule has 0 heterocycles. The van der Waals surface area contributed by atoms with Crippen molar-refractivity contribution in [2.75, 3.05) is 19.6 Å². The van der Waals surface area contributed by atoms with Crippen LogP contribution in [0.1, 0.15) is 32.6 Å². The molecule has 0 aromatic heterocycles. The predicted molar refractivity (Wildman–Crippen MR) is 51.7 cm³/mol. The van der Waals surface area contributed by atoms with Gasteiger partial charge in [0.25, 0.3) is 0 Å². The van der Waals surface area contributed by atoms with Crippen molar-refractivity contribution in [3.8, 4) is 0 Å². The van der Waals surface area contributed by atoms with Crippen LogP contribution < -0.4 is 0 Å². The van der Waals surface area contributed by atoms with Crippen LogP contribution in [-0.2, 0) is 4.79 Å². The van der Waals surface area contributed by atoms with Gasteiger partial charge in [0, 0.05) is 0 Å². The van der Waals surface area contributed by atoms with Gasteiger partial charge in [-0.15, -0.1) is 0 Å². The Morgan fingerprint density at radius 1 is 1.46 bits per heavy atom. The van der Waals surface area contributed by atoms with Crippen LogP contribution in [0, 0.1) is 5.92 Å². The maximum atomic E-state index is 10.5.